The highest BCUT2D eigenvalue weighted by Gasteiger charge is 2.35. The number of hydrogen-bond acceptors (Lipinski definition) is 7. The van der Waals surface area contributed by atoms with Gasteiger partial charge in [0.2, 0.25) is 0 Å². The lowest BCUT2D eigenvalue weighted by Crippen LogP contribution is -2.27. The van der Waals surface area contributed by atoms with Gasteiger partial charge in [0.15, 0.2) is 11.5 Å². The van der Waals surface area contributed by atoms with Gasteiger partial charge in [-0.05, 0) is 107 Å². The molecule has 0 radical (unpaired) electrons. The SMILES string of the molecule is CCOc1cc(/C=C2\SC(=O)N(Cc3ccccc3C)C2=O)cc(I)c1OS(=O)(=O)c1ccc(Cl)cc1. The number of halogens is 2. The lowest BCUT2D eigenvalue weighted by atomic mass is 10.1. The topological polar surface area (TPSA) is 90.0 Å². The molecule has 37 heavy (non-hydrogen) atoms. The van der Waals surface area contributed by atoms with Crippen LogP contribution in [-0.4, -0.2) is 31.1 Å². The highest BCUT2D eigenvalue weighted by Crippen LogP contribution is 2.39. The normalized spacial score (nSPS) is 14.9. The summed E-state index contributed by atoms with van der Waals surface area (Å²) in [4.78, 5) is 27.1. The Kier molecular flexibility index (Phi) is 8.52. The fourth-order valence-electron chi connectivity index (χ4n) is 3.52. The van der Waals surface area contributed by atoms with Crippen molar-refractivity contribution in [2.75, 3.05) is 6.61 Å². The quantitative estimate of drug-likeness (QED) is 0.151. The fourth-order valence-corrected chi connectivity index (χ4v) is 6.33. The lowest BCUT2D eigenvalue weighted by molar-refractivity contribution is -0.123. The first kappa shape index (κ1) is 27.5. The average molecular weight is 670 g/mol. The zero-order chi connectivity index (χ0) is 26.7. The van der Waals surface area contributed by atoms with Crippen LogP contribution in [0, 0.1) is 10.5 Å². The van der Waals surface area contributed by atoms with Gasteiger partial charge in [-0.1, -0.05) is 35.9 Å². The maximum absolute atomic E-state index is 13.0. The van der Waals surface area contributed by atoms with E-state index in [1.807, 2.05) is 53.8 Å². The third-order valence-corrected chi connectivity index (χ3v) is 8.58. The molecule has 0 aliphatic carbocycles. The van der Waals surface area contributed by atoms with Crippen molar-refractivity contribution >= 4 is 73.3 Å². The van der Waals surface area contributed by atoms with Crippen LogP contribution in [0.4, 0.5) is 4.79 Å². The monoisotopic (exact) mass is 669 g/mol. The molecule has 0 saturated carbocycles. The molecule has 0 spiro atoms. The number of carbonyl (C=O) groups excluding carboxylic acids is 2. The highest BCUT2D eigenvalue weighted by molar-refractivity contribution is 14.1. The van der Waals surface area contributed by atoms with Crippen molar-refractivity contribution < 1.29 is 26.9 Å². The Morgan fingerprint density at radius 2 is 1.78 bits per heavy atom. The summed E-state index contributed by atoms with van der Waals surface area (Å²) in [7, 11) is -4.15. The van der Waals surface area contributed by atoms with Gasteiger partial charge in [0.1, 0.15) is 4.90 Å². The Labute approximate surface area is 238 Å². The molecule has 1 aliphatic heterocycles. The van der Waals surface area contributed by atoms with E-state index < -0.39 is 16.0 Å². The molecule has 0 N–H and O–H groups in total. The Hall–Kier alpha value is -2.54. The van der Waals surface area contributed by atoms with E-state index in [1.165, 1.54) is 29.2 Å². The van der Waals surface area contributed by atoms with E-state index in [4.69, 9.17) is 20.5 Å². The second-order valence-electron chi connectivity index (χ2n) is 7.95. The molecular formula is C26H21ClINO6S2. The van der Waals surface area contributed by atoms with E-state index in [0.717, 1.165) is 22.9 Å². The van der Waals surface area contributed by atoms with E-state index in [2.05, 4.69) is 0 Å². The molecule has 11 heteroatoms. The minimum absolute atomic E-state index is 0.0298. The van der Waals surface area contributed by atoms with Gasteiger partial charge in [-0.25, -0.2) is 0 Å². The van der Waals surface area contributed by atoms with Crippen molar-refractivity contribution in [3.05, 3.63) is 90.9 Å². The number of amides is 2. The molecule has 4 rings (SSSR count). The summed E-state index contributed by atoms with van der Waals surface area (Å²) in [6.45, 7) is 4.13. The molecule has 0 atom stereocenters. The van der Waals surface area contributed by atoms with Crippen LogP contribution >= 0.6 is 46.0 Å². The van der Waals surface area contributed by atoms with Crippen molar-refractivity contribution in [3.8, 4) is 11.5 Å². The number of hydrogen-bond donors (Lipinski definition) is 0. The first-order valence-corrected chi connectivity index (χ1v) is 14.7. The maximum atomic E-state index is 13.0. The van der Waals surface area contributed by atoms with Crippen LogP contribution in [0.2, 0.25) is 5.02 Å². The Bertz CT molecular complexity index is 1510. The van der Waals surface area contributed by atoms with Crippen LogP contribution in [0.25, 0.3) is 6.08 Å². The third kappa shape index (κ3) is 6.31. The van der Waals surface area contributed by atoms with Crippen LogP contribution in [-0.2, 0) is 21.5 Å². The average Bonchev–Trinajstić information content (AvgIpc) is 3.10. The number of thioether (sulfide) groups is 1. The molecule has 2 amide bonds. The van der Waals surface area contributed by atoms with Gasteiger partial charge < -0.3 is 8.92 Å². The molecular weight excluding hydrogens is 649 g/mol. The smallest absolute Gasteiger partial charge is 0.339 e. The minimum atomic E-state index is -4.15. The number of nitrogens with zero attached hydrogens (tertiary/aromatic N) is 1. The largest absolute Gasteiger partial charge is 0.490 e. The van der Waals surface area contributed by atoms with Gasteiger partial charge in [0.25, 0.3) is 11.1 Å². The van der Waals surface area contributed by atoms with Crippen molar-refractivity contribution in [1.82, 2.24) is 4.90 Å². The summed E-state index contributed by atoms with van der Waals surface area (Å²) in [5.74, 6) is -0.170. The first-order chi connectivity index (χ1) is 17.6. The van der Waals surface area contributed by atoms with E-state index in [0.29, 0.717) is 14.2 Å². The molecule has 1 fully saturated rings. The zero-order valence-corrected chi connectivity index (χ0v) is 24.3. The van der Waals surface area contributed by atoms with E-state index in [-0.39, 0.29) is 39.7 Å². The zero-order valence-electron chi connectivity index (χ0n) is 19.7. The third-order valence-electron chi connectivity index (χ3n) is 5.39. The number of ether oxygens (including phenoxy) is 1. The van der Waals surface area contributed by atoms with E-state index in [9.17, 15) is 18.0 Å². The number of rotatable bonds is 8. The molecule has 0 aromatic heterocycles. The molecule has 1 aliphatic rings. The Morgan fingerprint density at radius 1 is 1.08 bits per heavy atom. The van der Waals surface area contributed by atoms with Crippen molar-refractivity contribution in [1.29, 1.82) is 0 Å². The summed E-state index contributed by atoms with van der Waals surface area (Å²) < 4.78 is 37.3. The number of aryl methyl sites for hydroxylation is 1. The highest BCUT2D eigenvalue weighted by atomic mass is 127. The summed E-state index contributed by atoms with van der Waals surface area (Å²) in [6.07, 6.45) is 1.59. The lowest BCUT2D eigenvalue weighted by Gasteiger charge is -2.15. The number of carbonyl (C=O) groups is 2. The molecule has 0 bridgehead atoms. The van der Waals surface area contributed by atoms with E-state index >= 15 is 0 Å². The Morgan fingerprint density at radius 3 is 2.46 bits per heavy atom. The predicted molar refractivity (Wildman–Crippen MR) is 152 cm³/mol. The molecule has 1 heterocycles. The second kappa shape index (κ2) is 11.5. The first-order valence-electron chi connectivity index (χ1n) is 11.1. The van der Waals surface area contributed by atoms with Gasteiger partial charge in [-0.2, -0.15) is 8.42 Å². The molecule has 192 valence electrons. The molecule has 0 unspecified atom stereocenters. The van der Waals surface area contributed by atoms with E-state index in [1.54, 1.807) is 25.1 Å². The van der Waals surface area contributed by atoms with Gasteiger partial charge in [0, 0.05) is 5.02 Å². The predicted octanol–water partition coefficient (Wildman–Crippen LogP) is 6.66. The summed E-state index contributed by atoms with van der Waals surface area (Å²) in [6, 6.07) is 16.4. The van der Waals surface area contributed by atoms with Crippen molar-refractivity contribution in [3.63, 3.8) is 0 Å². The van der Waals surface area contributed by atoms with Gasteiger partial charge in [-0.15, -0.1) is 0 Å². The fraction of sp³-hybridized carbons (Fsp3) is 0.154. The van der Waals surface area contributed by atoms with Crippen LogP contribution in [0.1, 0.15) is 23.6 Å². The van der Waals surface area contributed by atoms with Crippen LogP contribution in [0.5, 0.6) is 11.5 Å². The minimum Gasteiger partial charge on any atom is -0.490 e. The summed E-state index contributed by atoms with van der Waals surface area (Å²) >= 11 is 8.67. The standard InChI is InChI=1S/C26H21ClINO6S2/c1-3-34-22-13-17(12-21(28)24(22)35-37(32,33)20-10-8-19(27)9-11-20)14-23-25(30)29(26(31)36-23)15-18-7-5-4-6-16(18)2/h4-14H,3,15H2,1-2H3/b23-14-. The van der Waals surface area contributed by atoms with Gasteiger partial charge in [0.05, 0.1) is 21.6 Å². The second-order valence-corrected chi connectivity index (χ2v) is 12.1. The van der Waals surface area contributed by atoms with Crippen molar-refractivity contribution in [2.24, 2.45) is 0 Å². The maximum Gasteiger partial charge on any atom is 0.339 e. The molecule has 3 aromatic carbocycles. The summed E-state index contributed by atoms with van der Waals surface area (Å²) in [5, 5.41) is 0.0458. The van der Waals surface area contributed by atoms with Crippen molar-refractivity contribution in [2.45, 2.75) is 25.3 Å². The van der Waals surface area contributed by atoms with Crippen LogP contribution in [0.15, 0.2) is 70.5 Å². The number of benzene rings is 3. The number of imide groups is 1. The summed E-state index contributed by atoms with van der Waals surface area (Å²) in [5.41, 5.74) is 2.44. The molecule has 1 saturated heterocycles. The van der Waals surface area contributed by atoms with Gasteiger partial charge >= 0.3 is 10.1 Å². The van der Waals surface area contributed by atoms with Crippen LogP contribution in [0.3, 0.4) is 0 Å². The van der Waals surface area contributed by atoms with Gasteiger partial charge in [-0.3, -0.25) is 14.5 Å². The molecule has 3 aromatic rings. The van der Waals surface area contributed by atoms with Crippen LogP contribution < -0.4 is 8.92 Å². The Balaban J connectivity index is 1.62. The molecule has 7 nitrogen and oxygen atoms in total.